The molecule has 1 heterocycles. The van der Waals surface area contributed by atoms with Crippen LogP contribution < -0.4 is 0 Å². The fourth-order valence-electron chi connectivity index (χ4n) is 5.18. The molecule has 1 unspecified atom stereocenters. The molecule has 1 atom stereocenters. The second-order valence-corrected chi connectivity index (χ2v) is 10.8. The smallest absolute Gasteiger partial charge is 0.181 e. The molecule has 0 saturated heterocycles. The molecular formula is C36H39N3. The van der Waals surface area contributed by atoms with Crippen LogP contribution in [0.5, 0.6) is 0 Å². The van der Waals surface area contributed by atoms with Crippen LogP contribution in [0.3, 0.4) is 0 Å². The van der Waals surface area contributed by atoms with Gasteiger partial charge in [-0.3, -0.25) is 0 Å². The zero-order valence-electron chi connectivity index (χ0n) is 23.9. The largest absolute Gasteiger partial charge is 0.217 e. The van der Waals surface area contributed by atoms with Crippen molar-refractivity contribution in [3.8, 4) is 39.3 Å². The summed E-state index contributed by atoms with van der Waals surface area (Å²) < 4.78 is 2.05. The van der Waals surface area contributed by atoms with Crippen molar-refractivity contribution in [1.29, 1.82) is 0 Å². The second-order valence-electron chi connectivity index (χ2n) is 10.8. The summed E-state index contributed by atoms with van der Waals surface area (Å²) in [7, 11) is 0. The summed E-state index contributed by atoms with van der Waals surface area (Å²) in [5.74, 6) is 2.34. The topological polar surface area (TPSA) is 30.7 Å². The molecule has 4 aromatic carbocycles. The van der Waals surface area contributed by atoms with Gasteiger partial charge in [0.2, 0.25) is 0 Å². The van der Waals surface area contributed by atoms with E-state index >= 15 is 0 Å². The summed E-state index contributed by atoms with van der Waals surface area (Å²) in [6.45, 7) is 11.0. The Morgan fingerprint density at radius 2 is 1.18 bits per heavy atom. The van der Waals surface area contributed by atoms with E-state index in [4.69, 9.17) is 10.1 Å². The van der Waals surface area contributed by atoms with Crippen LogP contribution in [0.4, 0.5) is 0 Å². The van der Waals surface area contributed by atoms with E-state index in [0.717, 1.165) is 35.7 Å². The van der Waals surface area contributed by atoms with Gasteiger partial charge >= 0.3 is 0 Å². The molecule has 0 amide bonds. The molecule has 0 bridgehead atoms. The number of aromatic nitrogens is 3. The van der Waals surface area contributed by atoms with Gasteiger partial charge in [0.15, 0.2) is 5.82 Å². The molecule has 0 spiro atoms. The van der Waals surface area contributed by atoms with Crippen molar-refractivity contribution in [3.63, 3.8) is 0 Å². The highest BCUT2D eigenvalue weighted by atomic mass is 15.3. The third kappa shape index (κ3) is 6.04. The summed E-state index contributed by atoms with van der Waals surface area (Å²) in [6, 6.07) is 33.2. The van der Waals surface area contributed by atoms with E-state index in [1.165, 1.54) is 51.8 Å². The molecule has 39 heavy (non-hydrogen) atoms. The van der Waals surface area contributed by atoms with Gasteiger partial charge in [-0.15, -0.1) is 5.10 Å². The summed E-state index contributed by atoms with van der Waals surface area (Å²) in [5, 5.41) is 5.05. The minimum atomic E-state index is 0.574. The Bertz CT molecular complexity index is 1520. The van der Waals surface area contributed by atoms with E-state index in [1.54, 1.807) is 0 Å². The van der Waals surface area contributed by atoms with Crippen LogP contribution in [0.2, 0.25) is 0 Å². The Hall–Kier alpha value is -3.98. The number of benzene rings is 4. The molecule has 0 N–H and O–H groups in total. The van der Waals surface area contributed by atoms with Crippen molar-refractivity contribution in [2.45, 2.75) is 66.2 Å². The van der Waals surface area contributed by atoms with Crippen LogP contribution in [-0.2, 0) is 6.42 Å². The van der Waals surface area contributed by atoms with Crippen molar-refractivity contribution in [2.75, 3.05) is 0 Å². The Labute approximate surface area is 233 Å². The minimum absolute atomic E-state index is 0.574. The maximum Gasteiger partial charge on any atom is 0.181 e. The molecule has 1 aromatic heterocycles. The molecule has 0 saturated carbocycles. The Balaban J connectivity index is 1.63. The van der Waals surface area contributed by atoms with Gasteiger partial charge in [-0.25, -0.2) is 9.67 Å². The van der Waals surface area contributed by atoms with Crippen molar-refractivity contribution < 1.29 is 0 Å². The maximum absolute atomic E-state index is 5.05. The van der Waals surface area contributed by atoms with Crippen LogP contribution in [0, 0.1) is 13.8 Å². The van der Waals surface area contributed by atoms with Gasteiger partial charge in [0.1, 0.15) is 5.82 Å². The Morgan fingerprint density at radius 1 is 0.641 bits per heavy atom. The first-order valence-electron chi connectivity index (χ1n) is 14.3. The second kappa shape index (κ2) is 11.8. The molecule has 3 nitrogen and oxygen atoms in total. The monoisotopic (exact) mass is 513 g/mol. The van der Waals surface area contributed by atoms with E-state index in [2.05, 4.69) is 130 Å². The highest BCUT2D eigenvalue weighted by Crippen LogP contribution is 2.32. The number of hydrogen-bond donors (Lipinski definition) is 0. The van der Waals surface area contributed by atoms with Gasteiger partial charge in [-0.1, -0.05) is 111 Å². The van der Waals surface area contributed by atoms with Crippen molar-refractivity contribution in [3.05, 3.63) is 114 Å². The zero-order valence-corrected chi connectivity index (χ0v) is 23.9. The van der Waals surface area contributed by atoms with E-state index in [-0.39, 0.29) is 0 Å². The lowest BCUT2D eigenvalue weighted by Crippen LogP contribution is -2.04. The van der Waals surface area contributed by atoms with E-state index in [0.29, 0.717) is 5.92 Å². The lowest BCUT2D eigenvalue weighted by molar-refractivity contribution is 0.665. The number of rotatable bonds is 9. The maximum atomic E-state index is 5.05. The predicted molar refractivity (Wildman–Crippen MR) is 164 cm³/mol. The molecule has 5 rings (SSSR count). The molecule has 0 fully saturated rings. The van der Waals surface area contributed by atoms with E-state index in [9.17, 15) is 0 Å². The highest BCUT2D eigenvalue weighted by Gasteiger charge is 2.15. The molecular weight excluding hydrogens is 474 g/mol. The predicted octanol–water partition coefficient (Wildman–Crippen LogP) is 9.74. The average Bonchev–Trinajstić information content (AvgIpc) is 3.38. The Kier molecular flexibility index (Phi) is 8.07. The van der Waals surface area contributed by atoms with E-state index < -0.39 is 0 Å². The fraction of sp³-hybridized carbons (Fsp3) is 0.278. The van der Waals surface area contributed by atoms with Gasteiger partial charge in [-0.2, -0.15) is 0 Å². The summed E-state index contributed by atoms with van der Waals surface area (Å²) in [6.07, 6.45) is 4.29. The lowest BCUT2D eigenvalue weighted by atomic mass is 9.93. The normalized spacial score (nSPS) is 12.0. The van der Waals surface area contributed by atoms with Gasteiger partial charge < -0.3 is 0 Å². The van der Waals surface area contributed by atoms with Crippen molar-refractivity contribution in [2.24, 2.45) is 0 Å². The first kappa shape index (κ1) is 26.6. The molecule has 0 radical (unpaired) electrons. The number of nitrogens with zero attached hydrogens (tertiary/aromatic N) is 3. The first-order chi connectivity index (χ1) is 18.9. The summed E-state index contributed by atoms with van der Waals surface area (Å²) >= 11 is 0. The molecule has 0 aliphatic rings. The third-order valence-corrected chi connectivity index (χ3v) is 7.54. The van der Waals surface area contributed by atoms with Crippen LogP contribution in [0.15, 0.2) is 91.0 Å². The third-order valence-electron chi connectivity index (χ3n) is 7.54. The van der Waals surface area contributed by atoms with Crippen LogP contribution in [0.1, 0.15) is 68.5 Å². The van der Waals surface area contributed by atoms with Crippen LogP contribution in [0.25, 0.3) is 39.3 Å². The lowest BCUT2D eigenvalue weighted by Gasteiger charge is -2.14. The molecule has 5 aromatic rings. The molecule has 198 valence electrons. The quantitative estimate of drug-likeness (QED) is 0.196. The fourth-order valence-corrected chi connectivity index (χ4v) is 5.18. The number of hydrogen-bond acceptors (Lipinski definition) is 2. The highest BCUT2D eigenvalue weighted by molar-refractivity contribution is 5.76. The van der Waals surface area contributed by atoms with Crippen LogP contribution >= 0.6 is 0 Å². The summed E-state index contributed by atoms with van der Waals surface area (Å²) in [4.78, 5) is 4.99. The number of aryl methyl sites for hydroxylation is 3. The standard InChI is InChI=1S/C36H39N3/c1-6-8-27(5)28-18-20-30(21-19-28)33-22-32(29-14-10-25(3)11-15-29)23-34(24-33)39-35(9-7-2)37-36(38-39)31-16-12-26(4)13-17-31/h10-24,27H,6-9H2,1-5H3. The van der Waals surface area contributed by atoms with Gasteiger partial charge in [0.05, 0.1) is 5.69 Å². The van der Waals surface area contributed by atoms with E-state index in [1.807, 2.05) is 0 Å². The molecule has 0 aliphatic heterocycles. The van der Waals surface area contributed by atoms with Crippen LogP contribution in [-0.4, -0.2) is 14.8 Å². The average molecular weight is 514 g/mol. The van der Waals surface area contributed by atoms with Crippen molar-refractivity contribution in [1.82, 2.24) is 14.8 Å². The zero-order chi connectivity index (χ0) is 27.4. The van der Waals surface area contributed by atoms with Crippen molar-refractivity contribution >= 4 is 0 Å². The first-order valence-corrected chi connectivity index (χ1v) is 14.3. The van der Waals surface area contributed by atoms with Gasteiger partial charge in [0, 0.05) is 12.0 Å². The minimum Gasteiger partial charge on any atom is -0.217 e. The summed E-state index contributed by atoms with van der Waals surface area (Å²) in [5.41, 5.74) is 10.8. The Morgan fingerprint density at radius 3 is 1.72 bits per heavy atom. The van der Waals surface area contributed by atoms with Gasteiger partial charge in [0.25, 0.3) is 0 Å². The SMILES string of the molecule is CCCc1nc(-c2ccc(C)cc2)nn1-c1cc(-c2ccc(C)cc2)cc(-c2ccc(C(C)CCC)cc2)c1. The molecule has 3 heteroatoms. The van der Waals surface area contributed by atoms with Gasteiger partial charge in [-0.05, 0) is 78.6 Å². The molecule has 0 aliphatic carbocycles.